The molecule has 9 heteroatoms. The van der Waals surface area contributed by atoms with E-state index in [4.69, 9.17) is 23.2 Å². The van der Waals surface area contributed by atoms with Crippen molar-refractivity contribution in [1.82, 2.24) is 4.90 Å². The van der Waals surface area contributed by atoms with E-state index in [2.05, 4.69) is 4.90 Å². The van der Waals surface area contributed by atoms with Crippen molar-refractivity contribution in [2.45, 2.75) is 6.92 Å². The van der Waals surface area contributed by atoms with E-state index in [1.165, 1.54) is 0 Å². The Balaban J connectivity index is 1.69. The van der Waals surface area contributed by atoms with E-state index in [0.717, 1.165) is 16.2 Å². The zero-order chi connectivity index (χ0) is 21.2. The number of carbonyl (C=O) groups excluding carboxylic acids is 1. The summed E-state index contributed by atoms with van der Waals surface area (Å²) in [6.07, 6.45) is 1.10. The molecule has 0 atom stereocenters. The van der Waals surface area contributed by atoms with Crippen molar-refractivity contribution in [2.75, 3.05) is 48.2 Å². The Hall–Kier alpha value is -1.96. The monoisotopic (exact) mass is 455 g/mol. The number of hydrogen-bond acceptors (Lipinski definition) is 4. The van der Waals surface area contributed by atoms with Crippen LogP contribution in [0.3, 0.4) is 0 Å². The van der Waals surface area contributed by atoms with Crippen LogP contribution >= 0.6 is 23.2 Å². The maximum absolute atomic E-state index is 12.9. The highest BCUT2D eigenvalue weighted by Crippen LogP contribution is 2.26. The molecule has 1 amide bonds. The third-order valence-corrected chi connectivity index (χ3v) is 6.51. The fourth-order valence-electron chi connectivity index (χ4n) is 3.39. The molecule has 3 rings (SSSR count). The molecule has 0 spiro atoms. The molecule has 1 saturated heterocycles. The second-order valence-electron chi connectivity index (χ2n) is 7.05. The van der Waals surface area contributed by atoms with E-state index in [1.54, 1.807) is 30.0 Å². The van der Waals surface area contributed by atoms with Crippen LogP contribution in [0.25, 0.3) is 0 Å². The molecule has 0 N–H and O–H groups in total. The fraction of sp³-hybridized carbons (Fsp3) is 0.350. The number of amides is 1. The van der Waals surface area contributed by atoms with Gasteiger partial charge in [-0.1, -0.05) is 29.3 Å². The lowest BCUT2D eigenvalue weighted by molar-refractivity contribution is -0.129. The van der Waals surface area contributed by atoms with Gasteiger partial charge in [-0.15, -0.1) is 0 Å². The SMILES string of the molecule is Cc1cc(Cl)ccc1N(CC(=O)N1CCN(c2cccc(Cl)c2)CC1)S(C)(=O)=O. The van der Waals surface area contributed by atoms with Crippen LogP contribution in [-0.2, 0) is 14.8 Å². The highest BCUT2D eigenvalue weighted by molar-refractivity contribution is 7.92. The number of rotatable bonds is 5. The van der Waals surface area contributed by atoms with Gasteiger partial charge >= 0.3 is 0 Å². The van der Waals surface area contributed by atoms with Crippen LogP contribution in [0.15, 0.2) is 42.5 Å². The Morgan fingerprint density at radius 2 is 1.69 bits per heavy atom. The molecule has 1 fully saturated rings. The standard InChI is InChI=1S/C20H23Cl2N3O3S/c1-15-12-17(22)6-7-19(15)25(29(2,27)28)14-20(26)24-10-8-23(9-11-24)18-5-3-4-16(21)13-18/h3-7,12-13H,8-11,14H2,1-2H3. The van der Waals surface area contributed by atoms with Crippen molar-refractivity contribution in [3.05, 3.63) is 58.1 Å². The van der Waals surface area contributed by atoms with Crippen molar-refractivity contribution < 1.29 is 13.2 Å². The third kappa shape index (κ3) is 5.35. The topological polar surface area (TPSA) is 60.9 Å². The molecule has 0 radical (unpaired) electrons. The van der Waals surface area contributed by atoms with Crippen molar-refractivity contribution in [1.29, 1.82) is 0 Å². The normalized spacial score (nSPS) is 14.8. The first-order chi connectivity index (χ1) is 13.6. The molecular weight excluding hydrogens is 433 g/mol. The number of benzene rings is 2. The Kier molecular flexibility index (Phi) is 6.61. The van der Waals surface area contributed by atoms with Gasteiger partial charge in [0, 0.05) is 41.9 Å². The lowest BCUT2D eigenvalue weighted by atomic mass is 10.2. The summed E-state index contributed by atoms with van der Waals surface area (Å²) >= 11 is 12.0. The van der Waals surface area contributed by atoms with E-state index < -0.39 is 10.0 Å². The number of carbonyl (C=O) groups is 1. The fourth-order valence-corrected chi connectivity index (χ4v) is 4.71. The summed E-state index contributed by atoms with van der Waals surface area (Å²) in [4.78, 5) is 16.7. The summed E-state index contributed by atoms with van der Waals surface area (Å²) in [5.74, 6) is -0.226. The first-order valence-corrected chi connectivity index (χ1v) is 11.8. The maximum atomic E-state index is 12.9. The maximum Gasteiger partial charge on any atom is 0.243 e. The Labute approximate surface area is 181 Å². The van der Waals surface area contributed by atoms with Gasteiger partial charge in [0.2, 0.25) is 15.9 Å². The molecule has 0 saturated carbocycles. The molecule has 29 heavy (non-hydrogen) atoms. The highest BCUT2D eigenvalue weighted by atomic mass is 35.5. The Morgan fingerprint density at radius 3 is 2.28 bits per heavy atom. The summed E-state index contributed by atoms with van der Waals surface area (Å²) < 4.78 is 25.9. The van der Waals surface area contributed by atoms with Gasteiger partial charge in [-0.2, -0.15) is 0 Å². The van der Waals surface area contributed by atoms with Crippen LogP contribution in [0, 0.1) is 6.92 Å². The molecule has 0 unspecified atom stereocenters. The third-order valence-electron chi connectivity index (χ3n) is 4.91. The van der Waals surface area contributed by atoms with E-state index in [1.807, 2.05) is 24.3 Å². The summed E-state index contributed by atoms with van der Waals surface area (Å²) in [6, 6.07) is 12.5. The highest BCUT2D eigenvalue weighted by Gasteiger charge is 2.27. The van der Waals surface area contributed by atoms with Gasteiger partial charge in [-0.25, -0.2) is 8.42 Å². The molecule has 1 aliphatic heterocycles. The molecule has 1 heterocycles. The van der Waals surface area contributed by atoms with Crippen LogP contribution in [0.4, 0.5) is 11.4 Å². The molecule has 1 aliphatic rings. The molecule has 6 nitrogen and oxygen atoms in total. The number of piperazine rings is 1. The van der Waals surface area contributed by atoms with Crippen LogP contribution in [0.2, 0.25) is 10.0 Å². The van der Waals surface area contributed by atoms with Gasteiger partial charge in [0.15, 0.2) is 0 Å². The van der Waals surface area contributed by atoms with Gasteiger partial charge in [0.1, 0.15) is 6.54 Å². The molecule has 0 aliphatic carbocycles. The summed E-state index contributed by atoms with van der Waals surface area (Å²) in [7, 11) is -3.63. The minimum Gasteiger partial charge on any atom is -0.368 e. The number of aryl methyl sites for hydroxylation is 1. The average molecular weight is 456 g/mol. The minimum absolute atomic E-state index is 0.226. The summed E-state index contributed by atoms with van der Waals surface area (Å²) in [5, 5.41) is 1.19. The van der Waals surface area contributed by atoms with E-state index in [0.29, 0.717) is 47.5 Å². The quantitative estimate of drug-likeness (QED) is 0.692. The van der Waals surface area contributed by atoms with Gasteiger partial charge < -0.3 is 9.80 Å². The van der Waals surface area contributed by atoms with E-state index in [-0.39, 0.29) is 12.5 Å². The predicted octanol–water partition coefficient (Wildman–Crippen LogP) is 3.42. The van der Waals surface area contributed by atoms with Crippen LogP contribution < -0.4 is 9.21 Å². The smallest absolute Gasteiger partial charge is 0.243 e. The lowest BCUT2D eigenvalue weighted by Gasteiger charge is -2.37. The van der Waals surface area contributed by atoms with Crippen molar-refractivity contribution in [2.24, 2.45) is 0 Å². The number of sulfonamides is 1. The minimum atomic E-state index is -3.63. The predicted molar refractivity (Wildman–Crippen MR) is 119 cm³/mol. The first-order valence-electron chi connectivity index (χ1n) is 9.17. The van der Waals surface area contributed by atoms with Crippen molar-refractivity contribution in [3.8, 4) is 0 Å². The van der Waals surface area contributed by atoms with Crippen LogP contribution in [0.5, 0.6) is 0 Å². The Morgan fingerprint density at radius 1 is 1.03 bits per heavy atom. The number of nitrogens with zero attached hydrogens (tertiary/aromatic N) is 3. The summed E-state index contributed by atoms with van der Waals surface area (Å²) in [5.41, 5.74) is 2.17. The number of hydrogen-bond donors (Lipinski definition) is 0. The zero-order valence-corrected chi connectivity index (χ0v) is 18.6. The van der Waals surface area contributed by atoms with Crippen LogP contribution in [0.1, 0.15) is 5.56 Å². The first kappa shape index (κ1) is 21.7. The van der Waals surface area contributed by atoms with Gasteiger partial charge in [0.05, 0.1) is 11.9 Å². The van der Waals surface area contributed by atoms with Gasteiger partial charge in [-0.3, -0.25) is 9.10 Å². The Bertz CT molecular complexity index is 1010. The van der Waals surface area contributed by atoms with E-state index >= 15 is 0 Å². The largest absolute Gasteiger partial charge is 0.368 e. The number of anilines is 2. The van der Waals surface area contributed by atoms with E-state index in [9.17, 15) is 13.2 Å². The molecule has 0 aromatic heterocycles. The van der Waals surface area contributed by atoms with Gasteiger partial charge in [-0.05, 0) is 48.9 Å². The zero-order valence-electron chi connectivity index (χ0n) is 16.3. The molecule has 0 bridgehead atoms. The van der Waals surface area contributed by atoms with Crippen molar-refractivity contribution in [3.63, 3.8) is 0 Å². The second-order valence-corrected chi connectivity index (χ2v) is 9.83. The number of halogens is 2. The molecule has 2 aromatic carbocycles. The summed E-state index contributed by atoms with van der Waals surface area (Å²) in [6.45, 7) is 3.88. The average Bonchev–Trinajstić information content (AvgIpc) is 2.66. The lowest BCUT2D eigenvalue weighted by Crippen LogP contribution is -2.52. The molecule has 156 valence electrons. The van der Waals surface area contributed by atoms with Crippen LogP contribution in [-0.4, -0.2) is 58.2 Å². The van der Waals surface area contributed by atoms with Crippen molar-refractivity contribution >= 4 is 50.5 Å². The molecular formula is C20H23Cl2N3O3S. The second kappa shape index (κ2) is 8.81. The van der Waals surface area contributed by atoms with Gasteiger partial charge in [0.25, 0.3) is 0 Å². The molecule has 2 aromatic rings.